The maximum atomic E-state index is 12.0. The summed E-state index contributed by atoms with van der Waals surface area (Å²) in [5.41, 5.74) is 2.99. The predicted octanol–water partition coefficient (Wildman–Crippen LogP) is 2.59. The summed E-state index contributed by atoms with van der Waals surface area (Å²) in [5.74, 6) is -0.0554. The van der Waals surface area contributed by atoms with Gasteiger partial charge < -0.3 is 34.9 Å². The topological polar surface area (TPSA) is 155 Å². The van der Waals surface area contributed by atoms with Crippen molar-refractivity contribution in [3.05, 3.63) is 89.0 Å². The molecule has 3 aromatic rings. The van der Waals surface area contributed by atoms with E-state index in [0.717, 1.165) is 25.2 Å². The standard InChI is InChI=1S/C29H36N2O9S/c1-21(33)40-31(41(2,36)37)26-5-3-4-23(16-26)20-38-14-15-39-27-9-6-22(7-10-27)12-13-30-18-29(35)24-8-11-28(34)25(17-24)19-32/h3-11,16-17,29-30,32,34-35H,12-15,18-20H2,1-2H3/t29-/m1/s1. The number of anilines is 1. The maximum Gasteiger partial charge on any atom is 0.330 e. The number of phenols is 1. The van der Waals surface area contributed by atoms with Crippen molar-refractivity contribution in [1.29, 1.82) is 0 Å². The van der Waals surface area contributed by atoms with E-state index >= 15 is 0 Å². The van der Waals surface area contributed by atoms with Crippen molar-refractivity contribution < 1.29 is 42.8 Å². The molecule has 3 aromatic carbocycles. The van der Waals surface area contributed by atoms with E-state index in [1.165, 1.54) is 12.1 Å². The highest BCUT2D eigenvalue weighted by atomic mass is 32.2. The third-order valence-corrected chi connectivity index (χ3v) is 6.80. The first-order valence-corrected chi connectivity index (χ1v) is 14.8. The Kier molecular flexibility index (Phi) is 11.9. The van der Waals surface area contributed by atoms with Gasteiger partial charge in [0.1, 0.15) is 18.1 Å². The number of hydrogen-bond acceptors (Lipinski definition) is 10. The van der Waals surface area contributed by atoms with Crippen LogP contribution in [0.4, 0.5) is 5.69 Å². The molecule has 41 heavy (non-hydrogen) atoms. The second-order valence-corrected chi connectivity index (χ2v) is 11.1. The van der Waals surface area contributed by atoms with Crippen molar-refractivity contribution in [1.82, 2.24) is 5.32 Å². The molecule has 12 heteroatoms. The Bertz CT molecular complexity index is 1380. The first-order chi connectivity index (χ1) is 19.6. The van der Waals surface area contributed by atoms with E-state index in [2.05, 4.69) is 5.32 Å². The van der Waals surface area contributed by atoms with Gasteiger partial charge in [-0.15, -0.1) is 0 Å². The average Bonchev–Trinajstić information content (AvgIpc) is 2.94. The van der Waals surface area contributed by atoms with Gasteiger partial charge in [-0.25, -0.2) is 13.2 Å². The summed E-state index contributed by atoms with van der Waals surface area (Å²) < 4.78 is 35.9. The van der Waals surface area contributed by atoms with Crippen molar-refractivity contribution in [3.63, 3.8) is 0 Å². The molecule has 0 amide bonds. The molecule has 0 saturated heterocycles. The number of rotatable bonds is 16. The molecule has 222 valence electrons. The number of nitrogens with zero attached hydrogens (tertiary/aromatic N) is 1. The fraction of sp³-hybridized carbons (Fsp3) is 0.345. The summed E-state index contributed by atoms with van der Waals surface area (Å²) in [6, 6.07) is 18.9. The van der Waals surface area contributed by atoms with Crippen molar-refractivity contribution in [2.75, 3.05) is 37.0 Å². The number of hydrogen-bond donors (Lipinski definition) is 4. The minimum atomic E-state index is -3.82. The highest BCUT2D eigenvalue weighted by Crippen LogP contribution is 2.23. The second kappa shape index (κ2) is 15.4. The third-order valence-electron chi connectivity index (χ3n) is 5.91. The van der Waals surface area contributed by atoms with E-state index in [-0.39, 0.29) is 24.7 Å². The molecule has 11 nitrogen and oxygen atoms in total. The summed E-state index contributed by atoms with van der Waals surface area (Å²) in [6.07, 6.45) is 0.938. The van der Waals surface area contributed by atoms with Gasteiger partial charge in [0, 0.05) is 19.0 Å². The fourth-order valence-corrected chi connectivity index (χ4v) is 4.61. The Labute approximate surface area is 239 Å². The molecule has 0 fully saturated rings. The van der Waals surface area contributed by atoms with Gasteiger partial charge in [0.2, 0.25) is 0 Å². The number of carbonyl (C=O) groups excluding carboxylic acids is 1. The van der Waals surface area contributed by atoms with Crippen molar-refractivity contribution in [3.8, 4) is 11.5 Å². The van der Waals surface area contributed by atoms with Crippen LogP contribution in [0.15, 0.2) is 66.7 Å². The van der Waals surface area contributed by atoms with E-state index in [1.54, 1.807) is 30.3 Å². The maximum absolute atomic E-state index is 12.0. The Morgan fingerprint density at radius 2 is 1.78 bits per heavy atom. The number of ether oxygens (including phenoxy) is 2. The first-order valence-electron chi connectivity index (χ1n) is 13.0. The number of sulfonamides is 1. The number of aliphatic hydroxyl groups is 2. The number of nitrogens with one attached hydrogen (secondary N) is 1. The van der Waals surface area contributed by atoms with Crippen molar-refractivity contribution in [2.24, 2.45) is 0 Å². The molecule has 4 N–H and O–H groups in total. The van der Waals surface area contributed by atoms with Crippen molar-refractivity contribution >= 4 is 21.7 Å². The van der Waals surface area contributed by atoms with Crippen LogP contribution >= 0.6 is 0 Å². The van der Waals surface area contributed by atoms with E-state index in [9.17, 15) is 28.5 Å². The Balaban J connectivity index is 1.36. The molecule has 0 heterocycles. The van der Waals surface area contributed by atoms with Crippen LogP contribution in [0.3, 0.4) is 0 Å². The van der Waals surface area contributed by atoms with Gasteiger partial charge in [-0.1, -0.05) is 34.8 Å². The summed E-state index contributed by atoms with van der Waals surface area (Å²) in [7, 11) is -3.82. The van der Waals surface area contributed by atoms with Crippen LogP contribution in [0.1, 0.15) is 35.3 Å². The largest absolute Gasteiger partial charge is 0.508 e. The van der Waals surface area contributed by atoms with Gasteiger partial charge in [0.25, 0.3) is 10.0 Å². The normalized spacial score (nSPS) is 12.1. The lowest BCUT2D eigenvalue weighted by molar-refractivity contribution is -0.140. The summed E-state index contributed by atoms with van der Waals surface area (Å²) in [6.45, 7) is 2.65. The number of aliphatic hydroxyl groups excluding tert-OH is 2. The Hall–Kier alpha value is -3.68. The zero-order valence-corrected chi connectivity index (χ0v) is 23.8. The molecule has 0 aliphatic rings. The van der Waals surface area contributed by atoms with Crippen LogP contribution < -0.4 is 14.5 Å². The lowest BCUT2D eigenvalue weighted by atomic mass is 10.1. The van der Waals surface area contributed by atoms with Gasteiger partial charge in [-0.05, 0) is 66.1 Å². The molecule has 0 aliphatic carbocycles. The molecule has 0 unspecified atom stereocenters. The van der Waals surface area contributed by atoms with Crippen LogP contribution in [0.5, 0.6) is 11.5 Å². The van der Waals surface area contributed by atoms with Crippen LogP contribution in [0.25, 0.3) is 0 Å². The fourth-order valence-electron chi connectivity index (χ4n) is 3.88. The Morgan fingerprint density at radius 1 is 1.02 bits per heavy atom. The summed E-state index contributed by atoms with van der Waals surface area (Å²) in [5, 5.41) is 32.5. The van der Waals surface area contributed by atoms with E-state index in [0.29, 0.717) is 53.2 Å². The monoisotopic (exact) mass is 588 g/mol. The zero-order valence-electron chi connectivity index (χ0n) is 23.0. The molecule has 0 spiro atoms. The van der Waals surface area contributed by atoms with Crippen LogP contribution in [0, 0.1) is 0 Å². The highest BCUT2D eigenvalue weighted by molar-refractivity contribution is 7.91. The SMILES string of the molecule is CC(=O)ON(c1cccc(COCCOc2ccc(CCNC[C@@H](O)c3ccc(O)c(CO)c3)cc2)c1)S(C)(=O)=O. The minimum absolute atomic E-state index is 0.000916. The van der Waals surface area contributed by atoms with Crippen LogP contribution in [-0.4, -0.2) is 62.3 Å². The lowest BCUT2D eigenvalue weighted by Crippen LogP contribution is -2.31. The first kappa shape index (κ1) is 31.8. The van der Waals surface area contributed by atoms with Gasteiger partial charge in [0.05, 0.1) is 37.9 Å². The molecule has 0 bridgehead atoms. The van der Waals surface area contributed by atoms with Crippen molar-refractivity contribution in [2.45, 2.75) is 32.7 Å². The van der Waals surface area contributed by atoms with Crippen LogP contribution in [-0.2, 0) is 44.0 Å². The highest BCUT2D eigenvalue weighted by Gasteiger charge is 2.21. The zero-order chi connectivity index (χ0) is 29.8. The molecular weight excluding hydrogens is 552 g/mol. The predicted molar refractivity (Wildman–Crippen MR) is 153 cm³/mol. The molecule has 0 radical (unpaired) electrons. The van der Waals surface area contributed by atoms with Gasteiger partial charge in [0.15, 0.2) is 0 Å². The van der Waals surface area contributed by atoms with Crippen LogP contribution in [0.2, 0.25) is 0 Å². The Morgan fingerprint density at radius 3 is 2.46 bits per heavy atom. The number of aromatic hydroxyl groups is 1. The molecule has 0 aromatic heterocycles. The van der Waals surface area contributed by atoms with Gasteiger partial charge >= 0.3 is 5.97 Å². The minimum Gasteiger partial charge on any atom is -0.508 e. The number of carbonyl (C=O) groups is 1. The third kappa shape index (κ3) is 10.3. The average molecular weight is 589 g/mol. The van der Waals surface area contributed by atoms with E-state index in [1.807, 2.05) is 24.3 Å². The molecular formula is C29H36N2O9S. The molecule has 0 aliphatic heterocycles. The molecule has 0 saturated carbocycles. The summed E-state index contributed by atoms with van der Waals surface area (Å²) in [4.78, 5) is 16.1. The smallest absolute Gasteiger partial charge is 0.330 e. The van der Waals surface area contributed by atoms with E-state index in [4.69, 9.17) is 14.3 Å². The quantitative estimate of drug-likeness (QED) is 0.145. The second-order valence-electron chi connectivity index (χ2n) is 9.30. The summed E-state index contributed by atoms with van der Waals surface area (Å²) >= 11 is 0. The van der Waals surface area contributed by atoms with E-state index < -0.39 is 22.1 Å². The molecule has 3 rings (SSSR count). The molecule has 1 atom stereocenters. The van der Waals surface area contributed by atoms with Gasteiger partial charge in [-0.2, -0.15) is 0 Å². The number of benzene rings is 3. The van der Waals surface area contributed by atoms with Gasteiger partial charge in [-0.3, -0.25) is 0 Å². The lowest BCUT2D eigenvalue weighted by Gasteiger charge is -2.20.